The van der Waals surface area contributed by atoms with Crippen LogP contribution in [0.25, 0.3) is 0 Å². The Morgan fingerprint density at radius 2 is 1.95 bits per heavy atom. The summed E-state index contributed by atoms with van der Waals surface area (Å²) in [5, 5.41) is 11.6. The molecule has 5 nitrogen and oxygen atoms in total. The van der Waals surface area contributed by atoms with Gasteiger partial charge in [-0.25, -0.2) is 4.79 Å². The lowest BCUT2D eigenvalue weighted by molar-refractivity contribution is -0.143. The molecule has 5 heteroatoms. The molecular weight excluding hydrogens is 270 g/mol. The van der Waals surface area contributed by atoms with Crippen LogP contribution in [0.4, 0.5) is 0 Å². The minimum atomic E-state index is -1.01. The van der Waals surface area contributed by atoms with E-state index in [0.29, 0.717) is 13.0 Å². The van der Waals surface area contributed by atoms with Crippen LogP contribution in [0.5, 0.6) is 5.75 Å². The first-order valence-electron chi connectivity index (χ1n) is 7.18. The fourth-order valence-electron chi connectivity index (χ4n) is 2.01. The third-order valence-electron chi connectivity index (χ3n) is 3.14. The summed E-state index contributed by atoms with van der Waals surface area (Å²) in [5.41, 5.74) is 0.950. The molecule has 1 atom stereocenters. The molecule has 21 heavy (non-hydrogen) atoms. The van der Waals surface area contributed by atoms with E-state index < -0.39 is 12.0 Å². The topological polar surface area (TPSA) is 75.6 Å². The quantitative estimate of drug-likeness (QED) is 0.770. The number of rotatable bonds is 8. The minimum Gasteiger partial charge on any atom is -0.494 e. The molecule has 0 heterocycles. The largest absolute Gasteiger partial charge is 0.494 e. The molecule has 0 aliphatic rings. The Morgan fingerprint density at radius 1 is 1.29 bits per heavy atom. The van der Waals surface area contributed by atoms with Crippen LogP contribution < -0.4 is 10.1 Å². The number of amides is 1. The summed E-state index contributed by atoms with van der Waals surface area (Å²) >= 11 is 0. The van der Waals surface area contributed by atoms with Gasteiger partial charge >= 0.3 is 5.97 Å². The normalized spacial score (nSPS) is 12.0. The Kier molecular flexibility index (Phi) is 6.72. The second-order valence-corrected chi connectivity index (χ2v) is 5.17. The Hall–Kier alpha value is -2.04. The Labute approximate surface area is 125 Å². The third kappa shape index (κ3) is 5.45. The van der Waals surface area contributed by atoms with Gasteiger partial charge in [0.2, 0.25) is 5.91 Å². The van der Waals surface area contributed by atoms with E-state index >= 15 is 0 Å². The van der Waals surface area contributed by atoms with Crippen LogP contribution in [0.1, 0.15) is 32.8 Å². The number of aliphatic carboxylic acids is 1. The maximum atomic E-state index is 11.9. The molecule has 0 saturated heterocycles. The number of carbonyl (C=O) groups is 2. The Bertz CT molecular complexity index is 485. The van der Waals surface area contributed by atoms with E-state index in [1.807, 2.05) is 31.2 Å². The van der Waals surface area contributed by atoms with Crippen molar-refractivity contribution in [3.05, 3.63) is 29.8 Å². The number of ether oxygens (including phenoxy) is 1. The summed E-state index contributed by atoms with van der Waals surface area (Å²) in [6.07, 6.45) is 0.757. The lowest BCUT2D eigenvalue weighted by atomic mass is 10.0. The molecule has 0 aliphatic heterocycles. The van der Waals surface area contributed by atoms with Crippen molar-refractivity contribution in [3.63, 3.8) is 0 Å². The number of hydrogen-bond donors (Lipinski definition) is 2. The summed E-state index contributed by atoms with van der Waals surface area (Å²) in [5.74, 6) is -0.649. The van der Waals surface area contributed by atoms with Gasteiger partial charge in [0.05, 0.1) is 6.61 Å². The van der Waals surface area contributed by atoms with E-state index in [9.17, 15) is 9.59 Å². The van der Waals surface area contributed by atoms with Crippen molar-refractivity contribution >= 4 is 11.9 Å². The molecule has 1 amide bonds. The second-order valence-electron chi connectivity index (χ2n) is 5.17. The van der Waals surface area contributed by atoms with E-state index in [4.69, 9.17) is 9.84 Å². The predicted molar refractivity (Wildman–Crippen MR) is 80.3 cm³/mol. The number of hydrogen-bond acceptors (Lipinski definition) is 3. The first kappa shape index (κ1) is 17.0. The fraction of sp³-hybridized carbons (Fsp3) is 0.500. The molecular formula is C16H23NO4. The fourth-order valence-corrected chi connectivity index (χ4v) is 2.01. The zero-order chi connectivity index (χ0) is 15.8. The van der Waals surface area contributed by atoms with Gasteiger partial charge in [-0.1, -0.05) is 32.0 Å². The van der Waals surface area contributed by atoms with Gasteiger partial charge in [-0.3, -0.25) is 4.79 Å². The minimum absolute atomic E-state index is 0.151. The van der Waals surface area contributed by atoms with Gasteiger partial charge in [0.1, 0.15) is 11.8 Å². The van der Waals surface area contributed by atoms with Crippen LogP contribution in [0.3, 0.4) is 0 Å². The van der Waals surface area contributed by atoms with Crippen molar-refractivity contribution in [2.24, 2.45) is 5.92 Å². The van der Waals surface area contributed by atoms with Gasteiger partial charge in [-0.05, 0) is 30.9 Å². The molecule has 0 bridgehead atoms. The van der Waals surface area contributed by atoms with Crippen molar-refractivity contribution in [2.45, 2.75) is 39.7 Å². The van der Waals surface area contributed by atoms with Crippen molar-refractivity contribution in [1.82, 2.24) is 5.32 Å². The van der Waals surface area contributed by atoms with E-state index in [1.54, 1.807) is 13.8 Å². The molecule has 2 N–H and O–H groups in total. The predicted octanol–water partition coefficient (Wildman–Crippen LogP) is 2.24. The van der Waals surface area contributed by atoms with E-state index in [0.717, 1.165) is 11.3 Å². The van der Waals surface area contributed by atoms with Crippen LogP contribution >= 0.6 is 0 Å². The van der Waals surface area contributed by atoms with Crippen molar-refractivity contribution in [1.29, 1.82) is 0 Å². The summed E-state index contributed by atoms with van der Waals surface area (Å²) in [7, 11) is 0. The highest BCUT2D eigenvalue weighted by atomic mass is 16.5. The molecule has 1 rings (SSSR count). The highest BCUT2D eigenvalue weighted by Crippen LogP contribution is 2.19. The number of aryl methyl sites for hydroxylation is 1. The number of carboxylic acid groups (broad SMARTS) is 1. The summed E-state index contributed by atoms with van der Waals surface area (Å²) in [6, 6.07) is 6.71. The summed E-state index contributed by atoms with van der Waals surface area (Å²) in [6.45, 7) is 6.01. The molecule has 0 fully saturated rings. The smallest absolute Gasteiger partial charge is 0.326 e. The van der Waals surface area contributed by atoms with E-state index in [-0.39, 0.29) is 18.2 Å². The molecule has 1 aromatic rings. The SMILES string of the molecule is CCOc1ccccc1CCC(=O)NC(C(=O)O)C(C)C. The molecule has 0 aliphatic carbocycles. The first-order valence-corrected chi connectivity index (χ1v) is 7.18. The Morgan fingerprint density at radius 3 is 2.52 bits per heavy atom. The second kappa shape index (κ2) is 8.29. The highest BCUT2D eigenvalue weighted by molar-refractivity contribution is 5.83. The molecule has 1 unspecified atom stereocenters. The maximum absolute atomic E-state index is 11.9. The lowest BCUT2D eigenvalue weighted by Gasteiger charge is -2.18. The van der Waals surface area contributed by atoms with Crippen molar-refractivity contribution in [3.8, 4) is 5.75 Å². The van der Waals surface area contributed by atoms with Gasteiger partial charge in [0.25, 0.3) is 0 Å². The number of nitrogens with one attached hydrogen (secondary N) is 1. The zero-order valence-corrected chi connectivity index (χ0v) is 12.8. The molecule has 116 valence electrons. The average molecular weight is 293 g/mol. The monoisotopic (exact) mass is 293 g/mol. The molecule has 0 saturated carbocycles. The zero-order valence-electron chi connectivity index (χ0n) is 12.8. The van der Waals surface area contributed by atoms with Gasteiger partial charge < -0.3 is 15.2 Å². The van der Waals surface area contributed by atoms with Crippen LogP contribution in [-0.2, 0) is 16.0 Å². The molecule has 0 radical (unpaired) electrons. The number of benzene rings is 1. The van der Waals surface area contributed by atoms with E-state index in [2.05, 4.69) is 5.32 Å². The van der Waals surface area contributed by atoms with Crippen LogP contribution in [0.15, 0.2) is 24.3 Å². The number of para-hydroxylation sites is 1. The maximum Gasteiger partial charge on any atom is 0.326 e. The van der Waals surface area contributed by atoms with E-state index in [1.165, 1.54) is 0 Å². The van der Waals surface area contributed by atoms with Gasteiger partial charge in [-0.2, -0.15) is 0 Å². The third-order valence-corrected chi connectivity index (χ3v) is 3.14. The molecule has 1 aromatic carbocycles. The van der Waals surface area contributed by atoms with Crippen molar-refractivity contribution in [2.75, 3.05) is 6.61 Å². The molecule has 0 spiro atoms. The summed E-state index contributed by atoms with van der Waals surface area (Å²) in [4.78, 5) is 22.9. The van der Waals surface area contributed by atoms with Crippen LogP contribution in [0.2, 0.25) is 0 Å². The number of carboxylic acids is 1. The summed E-state index contributed by atoms with van der Waals surface area (Å²) < 4.78 is 5.50. The Balaban J connectivity index is 2.59. The number of carbonyl (C=O) groups excluding carboxylic acids is 1. The van der Waals surface area contributed by atoms with Gasteiger partial charge in [0.15, 0.2) is 0 Å². The average Bonchev–Trinajstić information content (AvgIpc) is 2.43. The lowest BCUT2D eigenvalue weighted by Crippen LogP contribution is -2.44. The highest BCUT2D eigenvalue weighted by Gasteiger charge is 2.23. The van der Waals surface area contributed by atoms with Crippen LogP contribution in [0, 0.1) is 5.92 Å². The van der Waals surface area contributed by atoms with Gasteiger partial charge in [0, 0.05) is 6.42 Å². The molecule has 0 aromatic heterocycles. The van der Waals surface area contributed by atoms with Crippen molar-refractivity contribution < 1.29 is 19.4 Å². The van der Waals surface area contributed by atoms with Gasteiger partial charge in [-0.15, -0.1) is 0 Å². The van der Waals surface area contributed by atoms with Crippen LogP contribution in [-0.4, -0.2) is 29.6 Å². The first-order chi connectivity index (χ1) is 9.95. The standard InChI is InChI=1S/C16H23NO4/c1-4-21-13-8-6-5-7-12(13)9-10-14(18)17-15(11(2)3)16(19)20/h5-8,11,15H,4,9-10H2,1-3H3,(H,17,18)(H,19,20).